The number of pyridine rings is 1. The Hall–Kier alpha value is -2.88. The van der Waals surface area contributed by atoms with Crippen LogP contribution < -0.4 is 4.90 Å². The predicted molar refractivity (Wildman–Crippen MR) is 124 cm³/mol. The molecule has 0 radical (unpaired) electrons. The van der Waals surface area contributed by atoms with Gasteiger partial charge in [-0.05, 0) is 68.0 Å². The quantitative estimate of drug-likeness (QED) is 0.601. The summed E-state index contributed by atoms with van der Waals surface area (Å²) < 4.78 is 0. The van der Waals surface area contributed by atoms with Gasteiger partial charge in [-0.3, -0.25) is 9.78 Å². The van der Waals surface area contributed by atoms with Crippen LogP contribution in [0.2, 0.25) is 0 Å². The second-order valence-electron chi connectivity index (χ2n) is 8.46. The van der Waals surface area contributed by atoms with Crippen molar-refractivity contribution in [3.8, 4) is 0 Å². The monoisotopic (exact) mass is 401 g/mol. The number of anilines is 1. The molecule has 1 aliphatic heterocycles. The molecule has 2 heterocycles. The van der Waals surface area contributed by atoms with Crippen molar-refractivity contribution in [2.75, 3.05) is 25.0 Å². The topological polar surface area (TPSA) is 36.4 Å². The SMILES string of the molecule is Cc1nc2ccccc2c(C)c1CC(=O)N(C)Cc1ccc(N2CCCCC2)cc1. The van der Waals surface area contributed by atoms with Crippen molar-refractivity contribution < 1.29 is 4.79 Å². The summed E-state index contributed by atoms with van der Waals surface area (Å²) >= 11 is 0. The third-order valence-electron chi connectivity index (χ3n) is 6.32. The first kappa shape index (κ1) is 20.4. The second-order valence-corrected chi connectivity index (χ2v) is 8.46. The number of hydrogen-bond donors (Lipinski definition) is 0. The highest BCUT2D eigenvalue weighted by Gasteiger charge is 2.16. The summed E-state index contributed by atoms with van der Waals surface area (Å²) in [5.41, 5.74) is 6.60. The molecule has 4 rings (SSSR count). The Kier molecular flexibility index (Phi) is 6.03. The summed E-state index contributed by atoms with van der Waals surface area (Å²) in [6, 6.07) is 16.8. The van der Waals surface area contributed by atoms with Crippen LogP contribution in [-0.2, 0) is 17.8 Å². The molecule has 30 heavy (non-hydrogen) atoms. The first-order valence-electron chi connectivity index (χ1n) is 11.0. The van der Waals surface area contributed by atoms with Crippen molar-refractivity contribution in [2.45, 2.75) is 46.1 Å². The number of aryl methyl sites for hydroxylation is 2. The Morgan fingerprint density at radius 2 is 1.70 bits per heavy atom. The molecule has 1 amide bonds. The fourth-order valence-electron chi connectivity index (χ4n) is 4.44. The van der Waals surface area contributed by atoms with Crippen LogP contribution in [0.1, 0.15) is 41.6 Å². The molecule has 1 aromatic heterocycles. The van der Waals surface area contributed by atoms with Gasteiger partial charge in [0.1, 0.15) is 0 Å². The van der Waals surface area contributed by atoms with E-state index in [2.05, 4.69) is 42.2 Å². The molecule has 1 saturated heterocycles. The zero-order valence-corrected chi connectivity index (χ0v) is 18.3. The number of likely N-dealkylation sites (N-methyl/N-ethyl adjacent to an activating group) is 1. The van der Waals surface area contributed by atoms with E-state index in [4.69, 9.17) is 4.98 Å². The van der Waals surface area contributed by atoms with E-state index in [0.717, 1.165) is 46.4 Å². The zero-order chi connectivity index (χ0) is 21.1. The minimum atomic E-state index is 0.124. The Morgan fingerprint density at radius 3 is 2.43 bits per heavy atom. The Balaban J connectivity index is 1.43. The lowest BCUT2D eigenvalue weighted by Gasteiger charge is -2.29. The van der Waals surface area contributed by atoms with E-state index in [1.807, 2.05) is 37.1 Å². The van der Waals surface area contributed by atoms with Crippen molar-refractivity contribution in [1.82, 2.24) is 9.88 Å². The lowest BCUT2D eigenvalue weighted by Crippen LogP contribution is -2.29. The number of hydrogen-bond acceptors (Lipinski definition) is 3. The molecule has 1 aliphatic rings. The number of para-hydroxylation sites is 1. The molecule has 1 fully saturated rings. The van der Waals surface area contributed by atoms with E-state index >= 15 is 0 Å². The van der Waals surface area contributed by atoms with Gasteiger partial charge in [0, 0.05) is 43.4 Å². The third-order valence-corrected chi connectivity index (χ3v) is 6.32. The first-order chi connectivity index (χ1) is 14.5. The summed E-state index contributed by atoms with van der Waals surface area (Å²) in [6.45, 7) is 7.02. The molecule has 3 aromatic rings. The van der Waals surface area contributed by atoms with Crippen molar-refractivity contribution in [2.24, 2.45) is 0 Å². The molecule has 0 aliphatic carbocycles. The van der Waals surface area contributed by atoms with Crippen LogP contribution in [0, 0.1) is 13.8 Å². The van der Waals surface area contributed by atoms with Crippen LogP contribution in [0.5, 0.6) is 0 Å². The lowest BCUT2D eigenvalue weighted by atomic mass is 9.99. The van der Waals surface area contributed by atoms with E-state index in [1.165, 1.54) is 24.9 Å². The maximum atomic E-state index is 13.0. The Morgan fingerprint density at radius 1 is 1.00 bits per heavy atom. The number of carbonyl (C=O) groups is 1. The molecule has 0 spiro atoms. The summed E-state index contributed by atoms with van der Waals surface area (Å²) in [7, 11) is 1.89. The molecule has 0 atom stereocenters. The van der Waals surface area contributed by atoms with Gasteiger partial charge in [-0.1, -0.05) is 30.3 Å². The van der Waals surface area contributed by atoms with Gasteiger partial charge >= 0.3 is 0 Å². The van der Waals surface area contributed by atoms with Crippen molar-refractivity contribution in [1.29, 1.82) is 0 Å². The zero-order valence-electron chi connectivity index (χ0n) is 18.3. The van der Waals surface area contributed by atoms with Crippen LogP contribution in [0.25, 0.3) is 10.9 Å². The Labute approximate surface area is 179 Å². The molecule has 2 aromatic carbocycles. The van der Waals surface area contributed by atoms with Crippen LogP contribution in [-0.4, -0.2) is 35.9 Å². The molecule has 156 valence electrons. The van der Waals surface area contributed by atoms with E-state index in [9.17, 15) is 4.79 Å². The molecule has 0 bridgehead atoms. The fourth-order valence-corrected chi connectivity index (χ4v) is 4.44. The number of piperidine rings is 1. The molecule has 4 heteroatoms. The third kappa shape index (κ3) is 4.33. The van der Waals surface area contributed by atoms with Gasteiger partial charge in [0.2, 0.25) is 5.91 Å². The van der Waals surface area contributed by atoms with Gasteiger partial charge in [-0.15, -0.1) is 0 Å². The Bertz CT molecular complexity index is 1040. The second kappa shape index (κ2) is 8.86. The van der Waals surface area contributed by atoms with Gasteiger partial charge in [0.25, 0.3) is 0 Å². The maximum absolute atomic E-state index is 13.0. The summed E-state index contributed by atoms with van der Waals surface area (Å²) in [4.78, 5) is 22.0. The average Bonchev–Trinajstić information content (AvgIpc) is 2.77. The first-order valence-corrected chi connectivity index (χ1v) is 11.0. The van der Waals surface area contributed by atoms with E-state index in [-0.39, 0.29) is 5.91 Å². The number of carbonyl (C=O) groups excluding carboxylic acids is 1. The summed E-state index contributed by atoms with van der Waals surface area (Å²) in [6.07, 6.45) is 4.29. The van der Waals surface area contributed by atoms with Gasteiger partial charge < -0.3 is 9.80 Å². The van der Waals surface area contributed by atoms with Gasteiger partial charge in [0.15, 0.2) is 0 Å². The molecule has 0 N–H and O–H groups in total. The van der Waals surface area contributed by atoms with Gasteiger partial charge in [-0.2, -0.15) is 0 Å². The highest BCUT2D eigenvalue weighted by molar-refractivity contribution is 5.86. The highest BCUT2D eigenvalue weighted by Crippen LogP contribution is 2.24. The lowest BCUT2D eigenvalue weighted by molar-refractivity contribution is -0.129. The number of nitrogens with zero attached hydrogens (tertiary/aromatic N) is 3. The van der Waals surface area contributed by atoms with Crippen LogP contribution in [0.15, 0.2) is 48.5 Å². The van der Waals surface area contributed by atoms with Crippen molar-refractivity contribution >= 4 is 22.5 Å². The van der Waals surface area contributed by atoms with E-state index in [0.29, 0.717) is 13.0 Å². The smallest absolute Gasteiger partial charge is 0.227 e. The number of rotatable bonds is 5. The van der Waals surface area contributed by atoms with Gasteiger partial charge in [-0.25, -0.2) is 0 Å². The normalized spacial score (nSPS) is 14.2. The minimum absolute atomic E-state index is 0.124. The maximum Gasteiger partial charge on any atom is 0.227 e. The molecule has 0 unspecified atom stereocenters. The standard InChI is InChI=1S/C26H31N3O/c1-19-23-9-5-6-10-25(23)27-20(2)24(19)17-26(30)28(3)18-21-11-13-22(14-12-21)29-15-7-4-8-16-29/h5-6,9-14H,4,7-8,15-18H2,1-3H3. The largest absolute Gasteiger partial charge is 0.372 e. The van der Waals surface area contributed by atoms with Crippen LogP contribution in [0.4, 0.5) is 5.69 Å². The highest BCUT2D eigenvalue weighted by atomic mass is 16.2. The summed E-state index contributed by atoms with van der Waals surface area (Å²) in [5.74, 6) is 0.124. The number of aromatic nitrogens is 1. The fraction of sp³-hybridized carbons (Fsp3) is 0.385. The van der Waals surface area contributed by atoms with Crippen molar-refractivity contribution in [3.63, 3.8) is 0 Å². The number of benzene rings is 2. The molecule has 4 nitrogen and oxygen atoms in total. The van der Waals surface area contributed by atoms with E-state index in [1.54, 1.807) is 0 Å². The molecule has 0 saturated carbocycles. The van der Waals surface area contributed by atoms with Gasteiger partial charge in [0.05, 0.1) is 11.9 Å². The average molecular weight is 402 g/mol. The van der Waals surface area contributed by atoms with Crippen LogP contribution in [0.3, 0.4) is 0 Å². The summed E-state index contributed by atoms with van der Waals surface area (Å²) in [5, 5.41) is 1.13. The van der Waals surface area contributed by atoms with Crippen LogP contribution >= 0.6 is 0 Å². The van der Waals surface area contributed by atoms with Crippen molar-refractivity contribution in [3.05, 3.63) is 70.9 Å². The predicted octanol–water partition coefficient (Wildman–Crippen LogP) is 5.04. The minimum Gasteiger partial charge on any atom is -0.372 e. The molecular formula is C26H31N3O. The number of fused-ring (bicyclic) bond motifs is 1. The van der Waals surface area contributed by atoms with E-state index < -0.39 is 0 Å². The molecular weight excluding hydrogens is 370 g/mol. The number of amides is 1.